The second-order valence-electron chi connectivity index (χ2n) is 4.46. The van der Waals surface area contributed by atoms with Crippen LogP contribution in [0.1, 0.15) is 6.92 Å². The number of benzene rings is 1. The summed E-state index contributed by atoms with van der Waals surface area (Å²) in [5, 5.41) is 2.09. The Morgan fingerprint density at radius 1 is 1.38 bits per heavy atom. The van der Waals surface area contributed by atoms with Crippen molar-refractivity contribution in [2.75, 3.05) is 19.7 Å². The molecule has 0 spiro atoms. The Morgan fingerprint density at radius 2 is 2.10 bits per heavy atom. The third-order valence-corrected chi connectivity index (χ3v) is 3.97. The summed E-state index contributed by atoms with van der Waals surface area (Å²) < 4.78 is 4.97. The molecule has 0 aromatic heterocycles. The van der Waals surface area contributed by atoms with Gasteiger partial charge in [-0.1, -0.05) is 18.2 Å². The van der Waals surface area contributed by atoms with Crippen LogP contribution in [0, 0.1) is 0 Å². The molecular formula is C14H16N2O4S. The first-order chi connectivity index (χ1) is 10.1. The number of imide groups is 1. The molecule has 1 fully saturated rings. The molecule has 0 unspecified atom stereocenters. The topological polar surface area (TPSA) is 75.7 Å². The van der Waals surface area contributed by atoms with E-state index >= 15 is 0 Å². The first-order valence-corrected chi connectivity index (χ1v) is 7.42. The number of ether oxygens (including phenoxy) is 1. The zero-order valence-corrected chi connectivity index (χ0v) is 12.4. The van der Waals surface area contributed by atoms with Gasteiger partial charge in [0.2, 0.25) is 0 Å². The average molecular weight is 308 g/mol. The SMILES string of the molecule is C[C@H](Sc1ccccc1)C(=O)OCC(=O)N1CCNC1=O. The van der Waals surface area contributed by atoms with Gasteiger partial charge in [0.1, 0.15) is 5.25 Å². The number of urea groups is 1. The molecule has 1 heterocycles. The van der Waals surface area contributed by atoms with Gasteiger partial charge >= 0.3 is 12.0 Å². The monoisotopic (exact) mass is 308 g/mol. The molecule has 112 valence electrons. The van der Waals surface area contributed by atoms with E-state index in [1.807, 2.05) is 30.3 Å². The molecule has 1 aliphatic heterocycles. The molecule has 1 saturated heterocycles. The smallest absolute Gasteiger partial charge is 0.324 e. The van der Waals surface area contributed by atoms with Crippen LogP contribution < -0.4 is 5.32 Å². The van der Waals surface area contributed by atoms with Crippen molar-refractivity contribution in [3.05, 3.63) is 30.3 Å². The highest BCUT2D eigenvalue weighted by atomic mass is 32.2. The van der Waals surface area contributed by atoms with Crippen molar-refractivity contribution in [2.24, 2.45) is 0 Å². The van der Waals surface area contributed by atoms with E-state index in [2.05, 4.69) is 5.32 Å². The zero-order valence-electron chi connectivity index (χ0n) is 11.6. The van der Waals surface area contributed by atoms with Gasteiger partial charge in [0.05, 0.1) is 0 Å². The molecule has 1 N–H and O–H groups in total. The third-order valence-electron chi connectivity index (χ3n) is 2.88. The fourth-order valence-corrected chi connectivity index (χ4v) is 2.68. The average Bonchev–Trinajstić information content (AvgIpc) is 2.91. The van der Waals surface area contributed by atoms with Gasteiger partial charge in [-0.3, -0.25) is 14.5 Å². The van der Waals surface area contributed by atoms with Crippen LogP contribution >= 0.6 is 11.8 Å². The molecule has 0 saturated carbocycles. The lowest BCUT2D eigenvalue weighted by Gasteiger charge is -2.14. The number of esters is 1. The second-order valence-corrected chi connectivity index (χ2v) is 5.87. The van der Waals surface area contributed by atoms with E-state index in [0.717, 1.165) is 9.80 Å². The summed E-state index contributed by atoms with van der Waals surface area (Å²) in [6.07, 6.45) is 0. The van der Waals surface area contributed by atoms with Crippen molar-refractivity contribution >= 4 is 29.7 Å². The van der Waals surface area contributed by atoms with E-state index in [0.29, 0.717) is 13.1 Å². The molecule has 2 rings (SSSR count). The quantitative estimate of drug-likeness (QED) is 0.655. The first kappa shape index (κ1) is 15.4. The highest BCUT2D eigenvalue weighted by Crippen LogP contribution is 2.23. The molecule has 6 nitrogen and oxygen atoms in total. The number of thioether (sulfide) groups is 1. The van der Waals surface area contributed by atoms with Gasteiger partial charge in [-0.2, -0.15) is 0 Å². The Morgan fingerprint density at radius 3 is 2.71 bits per heavy atom. The van der Waals surface area contributed by atoms with Crippen molar-refractivity contribution in [2.45, 2.75) is 17.1 Å². The number of hydrogen-bond acceptors (Lipinski definition) is 5. The molecule has 0 aliphatic carbocycles. The maximum absolute atomic E-state index is 11.8. The maximum atomic E-state index is 11.8. The maximum Gasteiger partial charge on any atom is 0.324 e. The van der Waals surface area contributed by atoms with Gasteiger partial charge in [0.15, 0.2) is 6.61 Å². The highest BCUT2D eigenvalue weighted by Gasteiger charge is 2.27. The fraction of sp³-hybridized carbons (Fsp3) is 0.357. The minimum Gasteiger partial charge on any atom is -0.455 e. The third kappa shape index (κ3) is 4.22. The Labute approximate surface area is 126 Å². The van der Waals surface area contributed by atoms with Crippen LogP contribution in [-0.2, 0) is 14.3 Å². The van der Waals surface area contributed by atoms with E-state index in [1.165, 1.54) is 11.8 Å². The molecule has 0 bridgehead atoms. The lowest BCUT2D eigenvalue weighted by Crippen LogP contribution is -2.37. The van der Waals surface area contributed by atoms with E-state index < -0.39 is 29.8 Å². The molecule has 1 atom stereocenters. The van der Waals surface area contributed by atoms with Crippen LogP contribution in [-0.4, -0.2) is 47.8 Å². The number of carbonyl (C=O) groups is 3. The summed E-state index contributed by atoms with van der Waals surface area (Å²) in [6, 6.07) is 9.02. The Bertz CT molecular complexity index is 535. The van der Waals surface area contributed by atoms with Gasteiger partial charge in [-0.15, -0.1) is 11.8 Å². The molecule has 21 heavy (non-hydrogen) atoms. The summed E-state index contributed by atoms with van der Waals surface area (Å²) in [6.45, 7) is 2.04. The Hall–Kier alpha value is -2.02. The summed E-state index contributed by atoms with van der Waals surface area (Å²) in [4.78, 5) is 36.8. The molecule has 1 aromatic rings. The summed E-state index contributed by atoms with van der Waals surface area (Å²) in [5.41, 5.74) is 0. The van der Waals surface area contributed by atoms with Crippen molar-refractivity contribution in [1.82, 2.24) is 10.2 Å². The van der Waals surface area contributed by atoms with Crippen molar-refractivity contribution in [3.8, 4) is 0 Å². The number of carbonyl (C=O) groups excluding carboxylic acids is 3. The second kappa shape index (κ2) is 7.12. The normalized spacial score (nSPS) is 15.5. The molecule has 1 aliphatic rings. The minimum atomic E-state index is -0.504. The number of amides is 3. The fourth-order valence-electron chi connectivity index (χ4n) is 1.79. The van der Waals surface area contributed by atoms with Crippen molar-refractivity contribution in [1.29, 1.82) is 0 Å². The van der Waals surface area contributed by atoms with Crippen LogP contribution in [0.4, 0.5) is 4.79 Å². The number of hydrogen-bond donors (Lipinski definition) is 1. The number of nitrogens with one attached hydrogen (secondary N) is 1. The van der Waals surface area contributed by atoms with Crippen LogP contribution in [0.15, 0.2) is 35.2 Å². The van der Waals surface area contributed by atoms with E-state index in [9.17, 15) is 14.4 Å². The first-order valence-electron chi connectivity index (χ1n) is 6.54. The molecule has 3 amide bonds. The van der Waals surface area contributed by atoms with Gasteiger partial charge in [-0.05, 0) is 19.1 Å². The van der Waals surface area contributed by atoms with Crippen molar-refractivity contribution < 1.29 is 19.1 Å². The Kier molecular flexibility index (Phi) is 5.21. The van der Waals surface area contributed by atoms with Gasteiger partial charge in [0, 0.05) is 18.0 Å². The summed E-state index contributed by atoms with van der Waals surface area (Å²) in [5.74, 6) is -0.980. The predicted octanol–water partition coefficient (Wildman–Crippen LogP) is 1.26. The van der Waals surface area contributed by atoms with E-state index in [-0.39, 0.29) is 0 Å². The minimum absolute atomic E-state index is 0.309. The summed E-state index contributed by atoms with van der Waals surface area (Å²) >= 11 is 1.36. The lowest BCUT2D eigenvalue weighted by atomic mass is 10.4. The predicted molar refractivity (Wildman–Crippen MR) is 77.8 cm³/mol. The molecule has 0 radical (unpaired) electrons. The summed E-state index contributed by atoms with van der Waals surface area (Å²) in [7, 11) is 0. The van der Waals surface area contributed by atoms with Crippen LogP contribution in [0.2, 0.25) is 0 Å². The Balaban J connectivity index is 1.78. The molecule has 7 heteroatoms. The lowest BCUT2D eigenvalue weighted by molar-refractivity contribution is -0.149. The van der Waals surface area contributed by atoms with Crippen LogP contribution in [0.25, 0.3) is 0 Å². The van der Waals surface area contributed by atoms with Gasteiger partial charge < -0.3 is 10.1 Å². The molecule has 1 aromatic carbocycles. The zero-order chi connectivity index (χ0) is 15.2. The number of nitrogens with zero attached hydrogens (tertiary/aromatic N) is 1. The molecular weight excluding hydrogens is 292 g/mol. The van der Waals surface area contributed by atoms with Crippen molar-refractivity contribution in [3.63, 3.8) is 0 Å². The highest BCUT2D eigenvalue weighted by molar-refractivity contribution is 8.00. The van der Waals surface area contributed by atoms with Crippen LogP contribution in [0.3, 0.4) is 0 Å². The van der Waals surface area contributed by atoms with Gasteiger partial charge in [0.25, 0.3) is 5.91 Å². The standard InChI is InChI=1S/C14H16N2O4S/c1-10(21-11-5-3-2-4-6-11)13(18)20-9-12(17)16-8-7-15-14(16)19/h2-6,10H,7-9H2,1H3,(H,15,19)/t10-/m0/s1. The number of rotatable bonds is 5. The van der Waals surface area contributed by atoms with E-state index in [1.54, 1.807) is 6.92 Å². The largest absolute Gasteiger partial charge is 0.455 e. The van der Waals surface area contributed by atoms with Crippen LogP contribution in [0.5, 0.6) is 0 Å². The van der Waals surface area contributed by atoms with E-state index in [4.69, 9.17) is 4.74 Å². The van der Waals surface area contributed by atoms with Gasteiger partial charge in [-0.25, -0.2) is 4.79 Å².